The van der Waals surface area contributed by atoms with Gasteiger partial charge in [-0.1, -0.05) is 13.0 Å². The normalized spacial score (nSPS) is 18.3. The molecular weight excluding hydrogens is 281 g/mol. The van der Waals surface area contributed by atoms with Crippen LogP contribution < -0.4 is 15.5 Å². The summed E-state index contributed by atoms with van der Waals surface area (Å²) >= 11 is 0. The van der Waals surface area contributed by atoms with E-state index >= 15 is 0 Å². The topological polar surface area (TPSA) is 44.4 Å². The zero-order valence-electron chi connectivity index (χ0n) is 13.5. The van der Waals surface area contributed by atoms with Crippen molar-refractivity contribution in [2.75, 3.05) is 31.1 Å². The summed E-state index contributed by atoms with van der Waals surface area (Å²) in [5.41, 5.74) is 1.78. The van der Waals surface area contributed by atoms with Gasteiger partial charge in [0.05, 0.1) is 5.69 Å². The van der Waals surface area contributed by atoms with E-state index in [1.54, 1.807) is 6.07 Å². The molecule has 1 aromatic carbocycles. The van der Waals surface area contributed by atoms with E-state index in [1.807, 2.05) is 12.1 Å². The number of carbonyl (C=O) groups is 1. The Morgan fingerprint density at radius 1 is 1.41 bits per heavy atom. The molecule has 1 aliphatic rings. The number of anilines is 1. The summed E-state index contributed by atoms with van der Waals surface area (Å²) in [6.07, 6.45) is 2.35. The lowest BCUT2D eigenvalue weighted by atomic mass is 9.99. The van der Waals surface area contributed by atoms with Gasteiger partial charge in [0.25, 0.3) is 0 Å². The first kappa shape index (κ1) is 16.7. The molecule has 0 radical (unpaired) electrons. The Morgan fingerprint density at radius 2 is 2.23 bits per heavy atom. The van der Waals surface area contributed by atoms with Crippen molar-refractivity contribution in [1.82, 2.24) is 10.6 Å². The third-order valence-corrected chi connectivity index (χ3v) is 4.01. The molecule has 0 saturated carbocycles. The van der Waals surface area contributed by atoms with E-state index in [0.29, 0.717) is 31.2 Å². The first-order valence-corrected chi connectivity index (χ1v) is 8.05. The quantitative estimate of drug-likeness (QED) is 0.793. The van der Waals surface area contributed by atoms with Crippen LogP contribution in [0, 0.1) is 11.7 Å². The Morgan fingerprint density at radius 3 is 2.95 bits per heavy atom. The van der Waals surface area contributed by atoms with E-state index in [9.17, 15) is 9.18 Å². The van der Waals surface area contributed by atoms with Crippen molar-refractivity contribution in [1.29, 1.82) is 0 Å². The smallest absolute Gasteiger partial charge is 0.216 e. The summed E-state index contributed by atoms with van der Waals surface area (Å²) in [7, 11) is 0. The second kappa shape index (κ2) is 8.13. The van der Waals surface area contributed by atoms with E-state index in [0.717, 1.165) is 25.1 Å². The molecule has 1 amide bonds. The first-order valence-electron chi connectivity index (χ1n) is 8.05. The van der Waals surface area contributed by atoms with Crippen LogP contribution in [-0.4, -0.2) is 32.1 Å². The van der Waals surface area contributed by atoms with Gasteiger partial charge < -0.3 is 15.5 Å². The molecule has 2 rings (SSSR count). The summed E-state index contributed by atoms with van der Waals surface area (Å²) in [4.78, 5) is 12.9. The van der Waals surface area contributed by atoms with Crippen LogP contribution in [0.1, 0.15) is 32.3 Å². The maximum absolute atomic E-state index is 14.1. The van der Waals surface area contributed by atoms with Crippen LogP contribution in [0.4, 0.5) is 10.1 Å². The number of amides is 1. The zero-order chi connectivity index (χ0) is 15.9. The number of nitrogens with one attached hydrogen (secondary N) is 2. The van der Waals surface area contributed by atoms with Crippen molar-refractivity contribution in [3.8, 4) is 0 Å². The highest BCUT2D eigenvalue weighted by Crippen LogP contribution is 2.26. The van der Waals surface area contributed by atoms with Crippen molar-refractivity contribution in [3.63, 3.8) is 0 Å². The monoisotopic (exact) mass is 307 g/mol. The average molecular weight is 307 g/mol. The van der Waals surface area contributed by atoms with E-state index in [-0.39, 0.29) is 11.7 Å². The van der Waals surface area contributed by atoms with Crippen LogP contribution in [0.3, 0.4) is 0 Å². The Kier molecular flexibility index (Phi) is 6.19. The van der Waals surface area contributed by atoms with Crippen LogP contribution in [0.2, 0.25) is 0 Å². The Balaban J connectivity index is 1.90. The molecule has 1 atom stereocenters. The summed E-state index contributed by atoms with van der Waals surface area (Å²) < 4.78 is 14.1. The SMILES string of the molecule is CC(=O)NCCNCc1ccc(F)c(N2CCCC(C)C2)c1. The largest absolute Gasteiger partial charge is 0.369 e. The van der Waals surface area contributed by atoms with Gasteiger partial charge in [0.2, 0.25) is 5.91 Å². The Hall–Kier alpha value is -1.62. The summed E-state index contributed by atoms with van der Waals surface area (Å²) in [5, 5.41) is 6.00. The van der Waals surface area contributed by atoms with Crippen LogP contribution in [0.15, 0.2) is 18.2 Å². The summed E-state index contributed by atoms with van der Waals surface area (Å²) in [6, 6.07) is 5.32. The van der Waals surface area contributed by atoms with Crippen LogP contribution in [0.5, 0.6) is 0 Å². The minimum Gasteiger partial charge on any atom is -0.369 e. The molecule has 1 aromatic rings. The molecule has 0 aromatic heterocycles. The van der Waals surface area contributed by atoms with Crippen molar-refractivity contribution in [2.45, 2.75) is 33.2 Å². The number of benzene rings is 1. The molecule has 22 heavy (non-hydrogen) atoms. The first-order chi connectivity index (χ1) is 10.6. The van der Waals surface area contributed by atoms with Gasteiger partial charge in [-0.05, 0) is 36.5 Å². The molecule has 1 saturated heterocycles. The van der Waals surface area contributed by atoms with E-state index in [1.165, 1.54) is 13.3 Å². The maximum Gasteiger partial charge on any atom is 0.216 e. The minimum absolute atomic E-state index is 0.0231. The van der Waals surface area contributed by atoms with Crippen molar-refractivity contribution >= 4 is 11.6 Å². The van der Waals surface area contributed by atoms with Gasteiger partial charge in [0.1, 0.15) is 5.82 Å². The molecule has 1 heterocycles. The lowest BCUT2D eigenvalue weighted by Crippen LogP contribution is -2.35. The van der Waals surface area contributed by atoms with Crippen LogP contribution in [-0.2, 0) is 11.3 Å². The third-order valence-electron chi connectivity index (χ3n) is 4.01. The minimum atomic E-state index is -0.143. The number of hydrogen-bond donors (Lipinski definition) is 2. The molecule has 0 bridgehead atoms. The van der Waals surface area contributed by atoms with Gasteiger partial charge in [-0.25, -0.2) is 4.39 Å². The van der Waals surface area contributed by atoms with Crippen molar-refractivity contribution in [3.05, 3.63) is 29.6 Å². The molecule has 1 unspecified atom stereocenters. The van der Waals surface area contributed by atoms with E-state index in [2.05, 4.69) is 22.5 Å². The standard InChI is InChI=1S/C17H26FN3O/c1-13-4-3-9-21(12-13)17-10-15(5-6-16(17)18)11-19-7-8-20-14(2)22/h5-6,10,13,19H,3-4,7-9,11-12H2,1-2H3,(H,20,22). The van der Waals surface area contributed by atoms with E-state index in [4.69, 9.17) is 0 Å². The lowest BCUT2D eigenvalue weighted by molar-refractivity contribution is -0.118. The molecule has 1 aliphatic heterocycles. The molecule has 4 nitrogen and oxygen atoms in total. The average Bonchev–Trinajstić information content (AvgIpc) is 2.48. The van der Waals surface area contributed by atoms with Gasteiger partial charge in [-0.15, -0.1) is 0 Å². The van der Waals surface area contributed by atoms with Gasteiger partial charge in [-0.2, -0.15) is 0 Å². The van der Waals surface area contributed by atoms with Crippen LogP contribution >= 0.6 is 0 Å². The van der Waals surface area contributed by atoms with Gasteiger partial charge in [0, 0.05) is 39.6 Å². The predicted octanol–water partition coefficient (Wildman–Crippen LogP) is 2.29. The number of halogens is 1. The Bertz CT molecular complexity index is 507. The summed E-state index contributed by atoms with van der Waals surface area (Å²) in [6.45, 7) is 7.57. The molecular formula is C17H26FN3O. The maximum atomic E-state index is 14.1. The van der Waals surface area contributed by atoms with Crippen molar-refractivity contribution < 1.29 is 9.18 Å². The fourth-order valence-corrected chi connectivity index (χ4v) is 2.88. The van der Waals surface area contributed by atoms with Gasteiger partial charge in [0.15, 0.2) is 0 Å². The van der Waals surface area contributed by atoms with Gasteiger partial charge >= 0.3 is 0 Å². The number of hydrogen-bond acceptors (Lipinski definition) is 3. The molecule has 0 spiro atoms. The highest BCUT2D eigenvalue weighted by atomic mass is 19.1. The second-order valence-electron chi connectivity index (χ2n) is 6.14. The number of nitrogens with zero attached hydrogens (tertiary/aromatic N) is 1. The van der Waals surface area contributed by atoms with E-state index < -0.39 is 0 Å². The molecule has 2 N–H and O–H groups in total. The number of piperidine rings is 1. The predicted molar refractivity (Wildman–Crippen MR) is 87.4 cm³/mol. The van der Waals surface area contributed by atoms with Gasteiger partial charge in [-0.3, -0.25) is 4.79 Å². The fourth-order valence-electron chi connectivity index (χ4n) is 2.88. The third kappa shape index (κ3) is 4.98. The molecule has 0 aliphatic carbocycles. The molecule has 5 heteroatoms. The zero-order valence-corrected chi connectivity index (χ0v) is 13.5. The lowest BCUT2D eigenvalue weighted by Gasteiger charge is -2.33. The fraction of sp³-hybridized carbons (Fsp3) is 0.588. The highest BCUT2D eigenvalue weighted by molar-refractivity contribution is 5.72. The van der Waals surface area contributed by atoms with Crippen LogP contribution in [0.25, 0.3) is 0 Å². The highest BCUT2D eigenvalue weighted by Gasteiger charge is 2.19. The molecule has 122 valence electrons. The molecule has 1 fully saturated rings. The Labute approximate surface area is 132 Å². The number of carbonyl (C=O) groups excluding carboxylic acids is 1. The second-order valence-corrected chi connectivity index (χ2v) is 6.14. The summed E-state index contributed by atoms with van der Waals surface area (Å²) in [5.74, 6) is 0.453. The van der Waals surface area contributed by atoms with Crippen molar-refractivity contribution in [2.24, 2.45) is 5.92 Å². The number of rotatable bonds is 6.